The van der Waals surface area contributed by atoms with Gasteiger partial charge < -0.3 is 4.40 Å². The standard InChI is InChI=1S/C10H11N.2C2H6/c1-8-4-3-6-11-7-5-9(2)10(8)11;2*1-2/h3-7H,1-2H3;2*1-2H3. The predicted octanol–water partition coefficient (Wildman–Crippen LogP) is 4.61. The second kappa shape index (κ2) is 7.10. The van der Waals surface area contributed by atoms with Crippen LogP contribution in [0.5, 0.6) is 0 Å². The SMILES string of the molecule is CC.CC.Cc1cccn2ccc(C)c12. The van der Waals surface area contributed by atoms with Gasteiger partial charge in [0.2, 0.25) is 0 Å². The third-order valence-electron chi connectivity index (χ3n) is 2.08. The van der Waals surface area contributed by atoms with Gasteiger partial charge in [0, 0.05) is 12.4 Å². The van der Waals surface area contributed by atoms with Crippen LogP contribution in [-0.4, -0.2) is 4.40 Å². The summed E-state index contributed by atoms with van der Waals surface area (Å²) in [5.41, 5.74) is 4.03. The summed E-state index contributed by atoms with van der Waals surface area (Å²) in [5, 5.41) is 0. The Morgan fingerprint density at radius 2 is 1.33 bits per heavy atom. The quantitative estimate of drug-likeness (QED) is 0.591. The zero-order valence-corrected chi connectivity index (χ0v) is 10.8. The van der Waals surface area contributed by atoms with E-state index in [0.717, 1.165) is 0 Å². The van der Waals surface area contributed by atoms with Crippen LogP contribution in [0, 0.1) is 13.8 Å². The summed E-state index contributed by atoms with van der Waals surface area (Å²) in [4.78, 5) is 0. The van der Waals surface area contributed by atoms with Crippen LogP contribution >= 0.6 is 0 Å². The molecule has 0 amide bonds. The van der Waals surface area contributed by atoms with Crippen LogP contribution in [0.4, 0.5) is 0 Å². The minimum atomic E-state index is 1.34. The molecule has 0 aliphatic carbocycles. The summed E-state index contributed by atoms with van der Waals surface area (Å²) < 4.78 is 2.16. The molecular formula is C14H23N. The van der Waals surface area contributed by atoms with E-state index < -0.39 is 0 Å². The summed E-state index contributed by atoms with van der Waals surface area (Å²) >= 11 is 0. The maximum Gasteiger partial charge on any atom is 0.0508 e. The lowest BCUT2D eigenvalue weighted by Gasteiger charge is -1.98. The molecule has 84 valence electrons. The third-order valence-corrected chi connectivity index (χ3v) is 2.08. The number of hydrogen-bond donors (Lipinski definition) is 0. The number of aromatic nitrogens is 1. The maximum atomic E-state index is 2.16. The van der Waals surface area contributed by atoms with Crippen molar-refractivity contribution in [2.75, 3.05) is 0 Å². The van der Waals surface area contributed by atoms with Gasteiger partial charge in [-0.15, -0.1) is 0 Å². The van der Waals surface area contributed by atoms with Crippen LogP contribution in [0.2, 0.25) is 0 Å². The molecule has 15 heavy (non-hydrogen) atoms. The zero-order chi connectivity index (χ0) is 11.8. The highest BCUT2D eigenvalue weighted by Crippen LogP contribution is 2.14. The molecule has 2 aromatic heterocycles. The number of fused-ring (bicyclic) bond motifs is 1. The van der Waals surface area contributed by atoms with Gasteiger partial charge in [0.15, 0.2) is 0 Å². The van der Waals surface area contributed by atoms with Gasteiger partial charge in [0.1, 0.15) is 0 Å². The van der Waals surface area contributed by atoms with Crippen molar-refractivity contribution >= 4 is 5.52 Å². The van der Waals surface area contributed by atoms with Gasteiger partial charge in [-0.2, -0.15) is 0 Å². The van der Waals surface area contributed by atoms with Crippen LogP contribution < -0.4 is 0 Å². The predicted molar refractivity (Wildman–Crippen MR) is 69.6 cm³/mol. The Hall–Kier alpha value is -1.24. The van der Waals surface area contributed by atoms with Crippen molar-refractivity contribution in [3.63, 3.8) is 0 Å². The number of rotatable bonds is 0. The molecule has 0 fully saturated rings. The molecule has 0 unspecified atom stereocenters. The average molecular weight is 205 g/mol. The Bertz CT molecular complexity index is 385. The fourth-order valence-electron chi connectivity index (χ4n) is 1.55. The van der Waals surface area contributed by atoms with Crippen molar-refractivity contribution in [3.05, 3.63) is 41.7 Å². The molecule has 0 radical (unpaired) electrons. The Kier molecular flexibility index (Phi) is 6.52. The molecule has 0 bridgehead atoms. The first-order valence-electron chi connectivity index (χ1n) is 5.82. The van der Waals surface area contributed by atoms with Crippen molar-refractivity contribution in [1.82, 2.24) is 4.40 Å². The molecule has 2 heterocycles. The topological polar surface area (TPSA) is 4.41 Å². The Morgan fingerprint density at radius 1 is 0.800 bits per heavy atom. The fourth-order valence-corrected chi connectivity index (χ4v) is 1.55. The molecule has 1 nitrogen and oxygen atoms in total. The highest BCUT2D eigenvalue weighted by atomic mass is 14.9. The summed E-state index contributed by atoms with van der Waals surface area (Å²) in [6, 6.07) is 6.35. The lowest BCUT2D eigenvalue weighted by molar-refractivity contribution is 1.18. The van der Waals surface area contributed by atoms with E-state index in [1.165, 1.54) is 16.6 Å². The van der Waals surface area contributed by atoms with Gasteiger partial charge in [-0.25, -0.2) is 0 Å². The van der Waals surface area contributed by atoms with Crippen molar-refractivity contribution in [2.24, 2.45) is 0 Å². The Labute approximate surface area is 93.8 Å². The van der Waals surface area contributed by atoms with E-state index in [-0.39, 0.29) is 0 Å². The molecule has 2 aromatic rings. The van der Waals surface area contributed by atoms with Gasteiger partial charge >= 0.3 is 0 Å². The zero-order valence-electron chi connectivity index (χ0n) is 10.8. The molecule has 2 rings (SSSR count). The lowest BCUT2D eigenvalue weighted by atomic mass is 10.2. The molecule has 1 heteroatoms. The lowest BCUT2D eigenvalue weighted by Crippen LogP contribution is -1.84. The molecule has 0 aliphatic rings. The molecule has 0 N–H and O–H groups in total. The monoisotopic (exact) mass is 205 g/mol. The second-order valence-corrected chi connectivity index (χ2v) is 2.95. The molecule has 0 atom stereocenters. The van der Waals surface area contributed by atoms with Crippen molar-refractivity contribution < 1.29 is 0 Å². The first-order chi connectivity index (χ1) is 7.29. The van der Waals surface area contributed by atoms with Crippen LogP contribution in [0.1, 0.15) is 38.8 Å². The van der Waals surface area contributed by atoms with E-state index in [2.05, 4.69) is 48.8 Å². The number of nitrogens with zero attached hydrogens (tertiary/aromatic N) is 1. The minimum Gasteiger partial charge on any atom is -0.323 e. The van der Waals surface area contributed by atoms with Gasteiger partial charge in [-0.05, 0) is 37.1 Å². The van der Waals surface area contributed by atoms with Crippen LogP contribution in [-0.2, 0) is 0 Å². The average Bonchev–Trinajstić information content (AvgIpc) is 2.68. The van der Waals surface area contributed by atoms with E-state index in [1.807, 2.05) is 27.7 Å². The van der Waals surface area contributed by atoms with E-state index in [1.54, 1.807) is 0 Å². The van der Waals surface area contributed by atoms with E-state index in [0.29, 0.717) is 0 Å². The molecule has 0 spiro atoms. The summed E-state index contributed by atoms with van der Waals surface area (Å²) in [6.45, 7) is 12.3. The van der Waals surface area contributed by atoms with Crippen LogP contribution in [0.3, 0.4) is 0 Å². The van der Waals surface area contributed by atoms with E-state index >= 15 is 0 Å². The smallest absolute Gasteiger partial charge is 0.0508 e. The van der Waals surface area contributed by atoms with Crippen molar-refractivity contribution in [3.8, 4) is 0 Å². The van der Waals surface area contributed by atoms with Gasteiger partial charge in [-0.1, -0.05) is 33.8 Å². The highest BCUT2D eigenvalue weighted by Gasteiger charge is 1.98. The normalized spacial score (nSPS) is 8.67. The van der Waals surface area contributed by atoms with Gasteiger partial charge in [0.25, 0.3) is 0 Å². The first-order valence-corrected chi connectivity index (χ1v) is 5.82. The van der Waals surface area contributed by atoms with E-state index in [4.69, 9.17) is 0 Å². The van der Waals surface area contributed by atoms with Crippen LogP contribution in [0.15, 0.2) is 30.6 Å². The molecule has 0 saturated carbocycles. The maximum absolute atomic E-state index is 2.16. The minimum absolute atomic E-state index is 1.34. The molecule has 0 aromatic carbocycles. The van der Waals surface area contributed by atoms with E-state index in [9.17, 15) is 0 Å². The van der Waals surface area contributed by atoms with Crippen LogP contribution in [0.25, 0.3) is 5.52 Å². The number of aryl methyl sites for hydroxylation is 2. The third kappa shape index (κ3) is 3.12. The molecule has 0 aliphatic heterocycles. The van der Waals surface area contributed by atoms with Gasteiger partial charge in [0.05, 0.1) is 5.52 Å². The highest BCUT2D eigenvalue weighted by molar-refractivity contribution is 5.60. The number of hydrogen-bond acceptors (Lipinski definition) is 0. The Balaban J connectivity index is 0.000000442. The fraction of sp³-hybridized carbons (Fsp3) is 0.429. The molecule has 0 saturated heterocycles. The molecular weight excluding hydrogens is 182 g/mol. The second-order valence-electron chi connectivity index (χ2n) is 2.95. The number of pyridine rings is 1. The van der Waals surface area contributed by atoms with Gasteiger partial charge in [-0.3, -0.25) is 0 Å². The first kappa shape index (κ1) is 13.8. The van der Waals surface area contributed by atoms with Crippen molar-refractivity contribution in [1.29, 1.82) is 0 Å². The summed E-state index contributed by atoms with van der Waals surface area (Å²) in [6.07, 6.45) is 4.17. The summed E-state index contributed by atoms with van der Waals surface area (Å²) in [5.74, 6) is 0. The Morgan fingerprint density at radius 3 is 1.87 bits per heavy atom. The summed E-state index contributed by atoms with van der Waals surface area (Å²) in [7, 11) is 0. The largest absolute Gasteiger partial charge is 0.323 e. The van der Waals surface area contributed by atoms with Crippen molar-refractivity contribution in [2.45, 2.75) is 41.5 Å².